The summed E-state index contributed by atoms with van der Waals surface area (Å²) in [6, 6.07) is 11.5. The largest absolute Gasteiger partial charge is 0.455 e. The Balaban J connectivity index is 1.39. The van der Waals surface area contributed by atoms with E-state index in [0.717, 1.165) is 24.8 Å². The smallest absolute Gasteiger partial charge is 0.281 e. The van der Waals surface area contributed by atoms with Crippen molar-refractivity contribution < 1.29 is 14.1 Å². The highest BCUT2D eigenvalue weighted by Gasteiger charge is 2.18. The van der Waals surface area contributed by atoms with Crippen LogP contribution >= 0.6 is 11.3 Å². The van der Waals surface area contributed by atoms with Crippen molar-refractivity contribution in [3.05, 3.63) is 73.7 Å². The Hall–Kier alpha value is -3.26. The molecule has 0 radical (unpaired) electrons. The summed E-state index contributed by atoms with van der Waals surface area (Å²) in [5.74, 6) is 0.803. The van der Waals surface area contributed by atoms with Crippen LogP contribution in [0.2, 0.25) is 0 Å². The molecule has 1 aliphatic rings. The number of carbonyl (C=O) groups is 1. The SMILES string of the molecule is O=C(N/N=C\c1ccc(-c2ccc([N+](=O)[O-])cc2)o1)c1cc2c(s1)CCC2. The third-order valence-corrected chi connectivity index (χ3v) is 5.55. The summed E-state index contributed by atoms with van der Waals surface area (Å²) in [4.78, 5) is 24.4. The fraction of sp³-hybridized carbons (Fsp3) is 0.158. The van der Waals surface area contributed by atoms with Gasteiger partial charge in [0, 0.05) is 22.6 Å². The first kappa shape index (κ1) is 17.2. The predicted molar refractivity (Wildman–Crippen MR) is 102 cm³/mol. The molecule has 2 aromatic heterocycles. The molecule has 0 aliphatic heterocycles. The molecule has 1 aromatic carbocycles. The van der Waals surface area contributed by atoms with Crippen LogP contribution < -0.4 is 5.43 Å². The second-order valence-electron chi connectivity index (χ2n) is 6.12. The lowest BCUT2D eigenvalue weighted by Gasteiger charge is -1.97. The molecule has 1 N–H and O–H groups in total. The topological polar surface area (TPSA) is 97.7 Å². The number of non-ortho nitro benzene ring substituents is 1. The molecule has 2 heterocycles. The minimum absolute atomic E-state index is 0.0226. The van der Waals surface area contributed by atoms with E-state index in [0.29, 0.717) is 16.4 Å². The molecule has 0 bridgehead atoms. The number of aryl methyl sites for hydroxylation is 2. The standard InChI is InChI=1S/C19H15N3O4S/c23-19(18-10-13-2-1-3-17(13)27-18)21-20-11-15-8-9-16(26-15)12-4-6-14(7-5-12)22(24)25/h4-11H,1-3H2,(H,21,23)/b20-11-. The molecule has 7 nitrogen and oxygen atoms in total. The van der Waals surface area contributed by atoms with E-state index in [-0.39, 0.29) is 11.6 Å². The van der Waals surface area contributed by atoms with Crippen LogP contribution in [0.4, 0.5) is 5.69 Å². The van der Waals surface area contributed by atoms with E-state index in [2.05, 4.69) is 10.5 Å². The average Bonchev–Trinajstić information content (AvgIpc) is 3.37. The number of hydrazone groups is 1. The molecule has 136 valence electrons. The second-order valence-corrected chi connectivity index (χ2v) is 7.25. The number of thiophene rings is 1. The quantitative estimate of drug-likeness (QED) is 0.407. The van der Waals surface area contributed by atoms with Crippen LogP contribution in [0, 0.1) is 10.1 Å². The van der Waals surface area contributed by atoms with Gasteiger partial charge >= 0.3 is 0 Å². The summed E-state index contributed by atoms with van der Waals surface area (Å²) in [7, 11) is 0. The molecular weight excluding hydrogens is 366 g/mol. The van der Waals surface area contributed by atoms with Crippen molar-refractivity contribution in [2.24, 2.45) is 5.10 Å². The van der Waals surface area contributed by atoms with E-state index in [1.807, 2.05) is 6.07 Å². The number of rotatable bonds is 5. The van der Waals surface area contributed by atoms with Gasteiger partial charge in [0.1, 0.15) is 11.5 Å². The van der Waals surface area contributed by atoms with E-state index in [9.17, 15) is 14.9 Å². The van der Waals surface area contributed by atoms with Gasteiger partial charge in [-0.2, -0.15) is 5.10 Å². The average molecular weight is 381 g/mol. The zero-order valence-corrected chi connectivity index (χ0v) is 15.0. The summed E-state index contributed by atoms with van der Waals surface area (Å²) in [6.45, 7) is 0. The molecule has 0 saturated heterocycles. The molecule has 0 spiro atoms. The molecule has 1 amide bonds. The number of nitrogens with zero attached hydrogens (tertiary/aromatic N) is 2. The van der Waals surface area contributed by atoms with Gasteiger partial charge in [0.05, 0.1) is 16.0 Å². The molecule has 0 unspecified atom stereocenters. The maximum absolute atomic E-state index is 12.2. The van der Waals surface area contributed by atoms with Crippen molar-refractivity contribution in [1.82, 2.24) is 5.43 Å². The van der Waals surface area contributed by atoms with Crippen LogP contribution in [0.1, 0.15) is 32.3 Å². The fourth-order valence-electron chi connectivity index (χ4n) is 2.98. The predicted octanol–water partition coefficient (Wildman–Crippen LogP) is 4.17. The van der Waals surface area contributed by atoms with Gasteiger partial charge in [-0.05, 0) is 55.2 Å². The van der Waals surface area contributed by atoms with Crippen LogP contribution in [0.3, 0.4) is 0 Å². The van der Waals surface area contributed by atoms with Gasteiger partial charge in [-0.15, -0.1) is 11.3 Å². The minimum Gasteiger partial charge on any atom is -0.455 e. The first-order valence-electron chi connectivity index (χ1n) is 8.40. The Bertz CT molecular complexity index is 1010. The highest BCUT2D eigenvalue weighted by atomic mass is 32.1. The molecule has 27 heavy (non-hydrogen) atoms. The van der Waals surface area contributed by atoms with Gasteiger partial charge in [-0.3, -0.25) is 14.9 Å². The Labute approximate surface area is 158 Å². The molecule has 4 rings (SSSR count). The number of furan rings is 1. The molecule has 0 atom stereocenters. The second kappa shape index (κ2) is 7.16. The first-order valence-corrected chi connectivity index (χ1v) is 9.21. The lowest BCUT2D eigenvalue weighted by Crippen LogP contribution is -2.16. The lowest BCUT2D eigenvalue weighted by molar-refractivity contribution is -0.384. The van der Waals surface area contributed by atoms with Crippen LogP contribution in [-0.4, -0.2) is 17.0 Å². The summed E-state index contributed by atoms with van der Waals surface area (Å²) < 4.78 is 5.64. The van der Waals surface area contributed by atoms with Gasteiger partial charge in [-0.25, -0.2) is 5.43 Å². The van der Waals surface area contributed by atoms with Crippen LogP contribution in [0.25, 0.3) is 11.3 Å². The third-order valence-electron chi connectivity index (χ3n) is 4.32. The Morgan fingerprint density at radius 1 is 1.22 bits per heavy atom. The van der Waals surface area contributed by atoms with E-state index in [4.69, 9.17) is 4.42 Å². The number of amides is 1. The van der Waals surface area contributed by atoms with Crippen LogP contribution in [-0.2, 0) is 12.8 Å². The van der Waals surface area contributed by atoms with Gasteiger partial charge in [0.25, 0.3) is 11.6 Å². The number of benzene rings is 1. The molecule has 1 aliphatic carbocycles. The van der Waals surface area contributed by atoms with Gasteiger partial charge < -0.3 is 4.42 Å². The van der Waals surface area contributed by atoms with Crippen molar-refractivity contribution in [2.45, 2.75) is 19.3 Å². The summed E-state index contributed by atoms with van der Waals surface area (Å²) in [6.07, 6.45) is 4.68. The zero-order valence-electron chi connectivity index (χ0n) is 14.2. The number of carbonyl (C=O) groups excluding carboxylic acids is 1. The van der Waals surface area contributed by atoms with Crippen molar-refractivity contribution >= 4 is 29.1 Å². The number of hydrogen-bond donors (Lipinski definition) is 1. The fourth-order valence-corrected chi connectivity index (χ4v) is 4.12. The monoisotopic (exact) mass is 381 g/mol. The number of nitro benzene ring substituents is 1. The Morgan fingerprint density at radius 2 is 2.04 bits per heavy atom. The molecule has 0 saturated carbocycles. The number of nitrogens with one attached hydrogen (secondary N) is 1. The van der Waals surface area contributed by atoms with Gasteiger partial charge in [0.2, 0.25) is 0 Å². The zero-order chi connectivity index (χ0) is 18.8. The molecule has 8 heteroatoms. The van der Waals surface area contributed by atoms with E-state index in [1.54, 1.807) is 24.3 Å². The van der Waals surface area contributed by atoms with E-state index >= 15 is 0 Å². The van der Waals surface area contributed by atoms with Crippen molar-refractivity contribution in [1.29, 1.82) is 0 Å². The summed E-state index contributed by atoms with van der Waals surface area (Å²) in [5.41, 5.74) is 4.52. The van der Waals surface area contributed by atoms with E-state index < -0.39 is 4.92 Å². The van der Waals surface area contributed by atoms with Crippen molar-refractivity contribution in [3.8, 4) is 11.3 Å². The van der Waals surface area contributed by atoms with Crippen LogP contribution in [0.15, 0.2) is 52.0 Å². The first-order chi connectivity index (χ1) is 13.1. The van der Waals surface area contributed by atoms with Crippen molar-refractivity contribution in [3.63, 3.8) is 0 Å². The van der Waals surface area contributed by atoms with Crippen molar-refractivity contribution in [2.75, 3.05) is 0 Å². The van der Waals surface area contributed by atoms with Crippen LogP contribution in [0.5, 0.6) is 0 Å². The third kappa shape index (κ3) is 3.65. The lowest BCUT2D eigenvalue weighted by atomic mass is 10.1. The van der Waals surface area contributed by atoms with Gasteiger partial charge in [0.15, 0.2) is 0 Å². The molecule has 0 fully saturated rings. The Kier molecular flexibility index (Phi) is 4.55. The number of hydrogen-bond acceptors (Lipinski definition) is 6. The molecule has 3 aromatic rings. The number of nitro groups is 1. The highest BCUT2D eigenvalue weighted by Crippen LogP contribution is 2.30. The minimum atomic E-state index is -0.449. The summed E-state index contributed by atoms with van der Waals surface area (Å²) in [5, 5.41) is 14.6. The highest BCUT2D eigenvalue weighted by molar-refractivity contribution is 7.14. The molecular formula is C19H15N3O4S. The Morgan fingerprint density at radius 3 is 2.78 bits per heavy atom. The maximum atomic E-state index is 12.2. The summed E-state index contributed by atoms with van der Waals surface area (Å²) >= 11 is 1.52. The normalized spacial score (nSPS) is 13.0. The van der Waals surface area contributed by atoms with Gasteiger partial charge in [-0.1, -0.05) is 0 Å². The maximum Gasteiger partial charge on any atom is 0.281 e. The van der Waals surface area contributed by atoms with E-state index in [1.165, 1.54) is 40.1 Å². The number of fused-ring (bicyclic) bond motifs is 1.